The van der Waals surface area contributed by atoms with Crippen molar-refractivity contribution in [2.45, 2.75) is 25.9 Å². The van der Waals surface area contributed by atoms with Crippen molar-refractivity contribution < 1.29 is 0 Å². The minimum atomic E-state index is 0.774. The number of aryl methyl sites for hydroxylation is 2. The molecule has 0 aliphatic carbocycles. The molecule has 11 heavy (non-hydrogen) atoms. The average molecular weight is 169 g/mol. The zero-order chi connectivity index (χ0) is 8.27. The fraction of sp³-hybridized carbons (Fsp3) is 0.571. The van der Waals surface area contributed by atoms with Gasteiger partial charge in [0.05, 0.1) is 11.4 Å². The summed E-state index contributed by atoms with van der Waals surface area (Å²) in [6.07, 6.45) is 0. The predicted octanol–water partition coefficient (Wildman–Crippen LogP) is 1.60. The van der Waals surface area contributed by atoms with Gasteiger partial charge in [-0.2, -0.15) is 5.10 Å². The Morgan fingerprint density at radius 2 is 1.91 bits per heavy atom. The number of hydrogen-bond donors (Lipinski definition) is 0. The van der Waals surface area contributed by atoms with E-state index in [0.717, 1.165) is 22.3 Å². The summed E-state index contributed by atoms with van der Waals surface area (Å²) in [5, 5.41) is 8.67. The van der Waals surface area contributed by atoms with E-state index in [1.807, 2.05) is 13.8 Å². The standard InChI is InChI=1S/C7H11N3S/c1-4-11-7-8-5(2)6(3)9-10-7/h4H2,1-3H3. The topological polar surface area (TPSA) is 38.7 Å². The fourth-order valence-corrected chi connectivity index (χ4v) is 1.19. The van der Waals surface area contributed by atoms with Crippen LogP contribution in [0.3, 0.4) is 0 Å². The molecule has 0 saturated heterocycles. The third-order valence-corrected chi connectivity index (χ3v) is 2.07. The van der Waals surface area contributed by atoms with Gasteiger partial charge in [0.25, 0.3) is 0 Å². The molecule has 0 saturated carbocycles. The van der Waals surface area contributed by atoms with Crippen LogP contribution in [0.5, 0.6) is 0 Å². The second-order valence-electron chi connectivity index (χ2n) is 2.20. The third-order valence-electron chi connectivity index (χ3n) is 1.35. The molecule has 1 heterocycles. The Morgan fingerprint density at radius 1 is 1.18 bits per heavy atom. The smallest absolute Gasteiger partial charge is 0.209 e. The van der Waals surface area contributed by atoms with Crippen molar-refractivity contribution in [2.75, 3.05) is 5.75 Å². The van der Waals surface area contributed by atoms with Gasteiger partial charge in [-0.3, -0.25) is 0 Å². The van der Waals surface area contributed by atoms with Crippen LogP contribution in [0.2, 0.25) is 0 Å². The number of thioether (sulfide) groups is 1. The second-order valence-corrected chi connectivity index (χ2v) is 3.43. The first-order valence-electron chi connectivity index (χ1n) is 3.54. The molecule has 0 aromatic carbocycles. The summed E-state index contributed by atoms with van der Waals surface area (Å²) in [5.74, 6) is 0.990. The van der Waals surface area contributed by atoms with Crippen LogP contribution in [0.1, 0.15) is 18.3 Å². The van der Waals surface area contributed by atoms with Crippen LogP contribution in [-0.2, 0) is 0 Å². The summed E-state index contributed by atoms with van der Waals surface area (Å²) in [5.41, 5.74) is 1.88. The molecular formula is C7H11N3S. The van der Waals surface area contributed by atoms with Gasteiger partial charge in [0.15, 0.2) is 0 Å². The van der Waals surface area contributed by atoms with E-state index in [-0.39, 0.29) is 0 Å². The highest BCUT2D eigenvalue weighted by molar-refractivity contribution is 7.99. The first kappa shape index (κ1) is 8.46. The number of nitrogens with zero attached hydrogens (tertiary/aromatic N) is 3. The lowest BCUT2D eigenvalue weighted by atomic mass is 10.4. The Hall–Kier alpha value is -0.640. The van der Waals surface area contributed by atoms with Gasteiger partial charge in [-0.25, -0.2) is 4.98 Å². The van der Waals surface area contributed by atoms with Crippen molar-refractivity contribution >= 4 is 11.8 Å². The van der Waals surface area contributed by atoms with Gasteiger partial charge in [-0.05, 0) is 19.6 Å². The number of hydrogen-bond acceptors (Lipinski definition) is 4. The maximum Gasteiger partial charge on any atom is 0.209 e. The van der Waals surface area contributed by atoms with E-state index in [1.165, 1.54) is 0 Å². The van der Waals surface area contributed by atoms with Crippen LogP contribution in [-0.4, -0.2) is 20.9 Å². The van der Waals surface area contributed by atoms with Gasteiger partial charge in [0.2, 0.25) is 5.16 Å². The number of aromatic nitrogens is 3. The normalized spacial score (nSPS) is 10.1. The molecule has 0 spiro atoms. The summed E-state index contributed by atoms with van der Waals surface area (Å²) in [7, 11) is 0. The van der Waals surface area contributed by atoms with Crippen molar-refractivity contribution in [2.24, 2.45) is 0 Å². The molecule has 0 N–H and O–H groups in total. The summed E-state index contributed by atoms with van der Waals surface area (Å²) in [4.78, 5) is 4.25. The summed E-state index contributed by atoms with van der Waals surface area (Å²) in [6, 6.07) is 0. The third kappa shape index (κ3) is 2.15. The van der Waals surface area contributed by atoms with E-state index in [1.54, 1.807) is 11.8 Å². The van der Waals surface area contributed by atoms with Crippen LogP contribution in [0.4, 0.5) is 0 Å². The Labute approximate surface area is 70.6 Å². The lowest BCUT2D eigenvalue weighted by Gasteiger charge is -1.98. The van der Waals surface area contributed by atoms with Gasteiger partial charge in [0, 0.05) is 0 Å². The molecule has 0 atom stereocenters. The van der Waals surface area contributed by atoms with Crippen LogP contribution in [0.25, 0.3) is 0 Å². The molecule has 0 fully saturated rings. The van der Waals surface area contributed by atoms with E-state index in [2.05, 4.69) is 22.1 Å². The molecule has 0 radical (unpaired) electrons. The van der Waals surface area contributed by atoms with Crippen molar-refractivity contribution in [3.05, 3.63) is 11.4 Å². The SMILES string of the molecule is CCSc1nnc(C)c(C)n1. The van der Waals surface area contributed by atoms with Crippen LogP contribution < -0.4 is 0 Å². The average Bonchev–Trinajstić information content (AvgIpc) is 1.98. The molecule has 0 aliphatic rings. The number of rotatable bonds is 2. The van der Waals surface area contributed by atoms with Crippen molar-refractivity contribution in [3.8, 4) is 0 Å². The lowest BCUT2D eigenvalue weighted by molar-refractivity contribution is 0.789. The van der Waals surface area contributed by atoms with E-state index < -0.39 is 0 Å². The van der Waals surface area contributed by atoms with Crippen molar-refractivity contribution in [1.29, 1.82) is 0 Å². The Balaban J connectivity index is 2.86. The summed E-state index contributed by atoms with van der Waals surface area (Å²) < 4.78 is 0. The largest absolute Gasteiger partial charge is 0.225 e. The molecule has 1 aromatic heterocycles. The zero-order valence-electron chi connectivity index (χ0n) is 6.96. The summed E-state index contributed by atoms with van der Waals surface area (Å²) in [6.45, 7) is 5.93. The maximum atomic E-state index is 4.25. The minimum Gasteiger partial charge on any atom is -0.225 e. The second kappa shape index (κ2) is 3.67. The lowest BCUT2D eigenvalue weighted by Crippen LogP contribution is -1.97. The Kier molecular flexibility index (Phi) is 2.82. The van der Waals surface area contributed by atoms with Crippen molar-refractivity contribution in [1.82, 2.24) is 15.2 Å². The monoisotopic (exact) mass is 169 g/mol. The molecule has 1 aromatic rings. The molecular weight excluding hydrogens is 158 g/mol. The highest BCUT2D eigenvalue weighted by Gasteiger charge is 1.99. The summed E-state index contributed by atoms with van der Waals surface area (Å²) >= 11 is 1.61. The van der Waals surface area contributed by atoms with Crippen LogP contribution in [0.15, 0.2) is 5.16 Å². The van der Waals surface area contributed by atoms with Gasteiger partial charge in [-0.1, -0.05) is 18.7 Å². The van der Waals surface area contributed by atoms with Gasteiger partial charge in [0.1, 0.15) is 0 Å². The maximum absolute atomic E-state index is 4.25. The minimum absolute atomic E-state index is 0.774. The first-order valence-corrected chi connectivity index (χ1v) is 4.53. The van der Waals surface area contributed by atoms with Gasteiger partial charge < -0.3 is 0 Å². The first-order chi connectivity index (χ1) is 5.24. The van der Waals surface area contributed by atoms with Crippen LogP contribution >= 0.6 is 11.8 Å². The van der Waals surface area contributed by atoms with Crippen LogP contribution in [0, 0.1) is 13.8 Å². The quantitative estimate of drug-likeness (QED) is 0.630. The van der Waals surface area contributed by atoms with Crippen molar-refractivity contribution in [3.63, 3.8) is 0 Å². The molecule has 60 valence electrons. The highest BCUT2D eigenvalue weighted by Crippen LogP contribution is 2.11. The van der Waals surface area contributed by atoms with E-state index >= 15 is 0 Å². The Bertz CT molecular complexity index is 249. The fourth-order valence-electron chi connectivity index (χ4n) is 0.627. The zero-order valence-corrected chi connectivity index (χ0v) is 7.77. The van der Waals surface area contributed by atoms with E-state index in [0.29, 0.717) is 0 Å². The van der Waals surface area contributed by atoms with E-state index in [9.17, 15) is 0 Å². The predicted molar refractivity (Wildman–Crippen MR) is 45.7 cm³/mol. The molecule has 1 rings (SSSR count). The molecule has 4 heteroatoms. The van der Waals surface area contributed by atoms with E-state index in [4.69, 9.17) is 0 Å². The molecule has 3 nitrogen and oxygen atoms in total. The Morgan fingerprint density at radius 3 is 2.45 bits per heavy atom. The van der Waals surface area contributed by atoms with Gasteiger partial charge >= 0.3 is 0 Å². The molecule has 0 bridgehead atoms. The highest BCUT2D eigenvalue weighted by atomic mass is 32.2. The molecule has 0 unspecified atom stereocenters. The molecule has 0 aliphatic heterocycles. The van der Waals surface area contributed by atoms with Gasteiger partial charge in [-0.15, -0.1) is 5.10 Å². The molecule has 0 amide bonds.